The van der Waals surface area contributed by atoms with Crippen molar-refractivity contribution in [1.29, 1.82) is 0 Å². The van der Waals surface area contributed by atoms with Crippen molar-refractivity contribution in [3.8, 4) is 0 Å². The van der Waals surface area contributed by atoms with E-state index in [1.54, 1.807) is 0 Å². The zero-order valence-corrected chi connectivity index (χ0v) is 15.5. The van der Waals surface area contributed by atoms with Gasteiger partial charge in [-0.1, -0.05) is 0 Å². The molecule has 1 aliphatic heterocycles. The fourth-order valence-corrected chi connectivity index (χ4v) is 4.68. The van der Waals surface area contributed by atoms with Gasteiger partial charge >= 0.3 is 0 Å². The molecule has 0 aromatic carbocycles. The maximum atomic E-state index is 6.14. The maximum absolute atomic E-state index is 6.14. The Morgan fingerprint density at radius 2 is 2.22 bits per heavy atom. The monoisotopic (exact) mass is 338 g/mol. The van der Waals surface area contributed by atoms with E-state index in [9.17, 15) is 0 Å². The molecular formula is C18H30N2O2S. The second-order valence-electron chi connectivity index (χ2n) is 7.10. The number of thiophene rings is 1. The van der Waals surface area contributed by atoms with Crippen LogP contribution in [0.15, 0.2) is 12.1 Å². The molecule has 0 N–H and O–H groups in total. The summed E-state index contributed by atoms with van der Waals surface area (Å²) in [5, 5.41) is 0. The van der Waals surface area contributed by atoms with Crippen LogP contribution in [0.25, 0.3) is 0 Å². The maximum Gasteiger partial charge on any atom is 0.0781 e. The second kappa shape index (κ2) is 8.08. The summed E-state index contributed by atoms with van der Waals surface area (Å²) in [6.45, 7) is 7.85. The summed E-state index contributed by atoms with van der Waals surface area (Å²) in [7, 11) is 4.17. The third-order valence-electron chi connectivity index (χ3n) is 5.00. The SMILES string of the molecule is Cc1ccc(CN2CCO[C@@H]3[C@@H](COCCN(C)C)CC[C@H]32)s1. The fourth-order valence-electron chi connectivity index (χ4n) is 3.76. The molecule has 0 bridgehead atoms. The summed E-state index contributed by atoms with van der Waals surface area (Å²) >= 11 is 1.92. The molecule has 2 fully saturated rings. The molecule has 1 saturated carbocycles. The van der Waals surface area contributed by atoms with Crippen molar-refractivity contribution in [3.63, 3.8) is 0 Å². The van der Waals surface area contributed by atoms with Crippen molar-refractivity contribution in [2.45, 2.75) is 38.5 Å². The molecule has 130 valence electrons. The molecule has 2 heterocycles. The van der Waals surface area contributed by atoms with E-state index in [-0.39, 0.29) is 0 Å². The second-order valence-corrected chi connectivity index (χ2v) is 8.47. The van der Waals surface area contributed by atoms with Gasteiger partial charge in [-0.15, -0.1) is 11.3 Å². The number of ether oxygens (including phenoxy) is 2. The Morgan fingerprint density at radius 1 is 1.35 bits per heavy atom. The fraction of sp³-hybridized carbons (Fsp3) is 0.778. The van der Waals surface area contributed by atoms with Crippen LogP contribution < -0.4 is 0 Å². The standard InChI is InChI=1S/C18H30N2O2S/c1-14-4-6-16(23-14)12-20-9-11-22-18-15(5-7-17(18)20)13-21-10-8-19(2)3/h4,6,15,17-18H,5,7-13H2,1-3H3/t15-,17-,18-/m1/s1. The van der Waals surface area contributed by atoms with E-state index >= 15 is 0 Å². The van der Waals surface area contributed by atoms with Crippen molar-refractivity contribution in [1.82, 2.24) is 9.80 Å². The lowest BCUT2D eigenvalue weighted by atomic mass is 10.0. The molecule has 4 nitrogen and oxygen atoms in total. The van der Waals surface area contributed by atoms with Crippen molar-refractivity contribution in [2.24, 2.45) is 5.92 Å². The number of hydrogen-bond acceptors (Lipinski definition) is 5. The minimum absolute atomic E-state index is 0.365. The van der Waals surface area contributed by atoms with Crippen LogP contribution >= 0.6 is 11.3 Å². The minimum atomic E-state index is 0.365. The zero-order chi connectivity index (χ0) is 16.2. The molecule has 23 heavy (non-hydrogen) atoms. The Balaban J connectivity index is 1.51. The molecule has 0 unspecified atom stereocenters. The van der Waals surface area contributed by atoms with Crippen LogP contribution in [0.5, 0.6) is 0 Å². The van der Waals surface area contributed by atoms with Crippen LogP contribution in [0.3, 0.4) is 0 Å². The van der Waals surface area contributed by atoms with Gasteiger partial charge in [0.1, 0.15) is 0 Å². The molecule has 3 rings (SSSR count). The van der Waals surface area contributed by atoms with Crippen LogP contribution in [0.2, 0.25) is 0 Å². The summed E-state index contributed by atoms with van der Waals surface area (Å²) in [6.07, 6.45) is 2.85. The smallest absolute Gasteiger partial charge is 0.0781 e. The lowest BCUT2D eigenvalue weighted by Gasteiger charge is -2.39. The number of nitrogens with zero attached hydrogens (tertiary/aromatic N) is 2. The summed E-state index contributed by atoms with van der Waals surface area (Å²) in [5.74, 6) is 0.565. The quantitative estimate of drug-likeness (QED) is 0.714. The number of aryl methyl sites for hydroxylation is 1. The van der Waals surface area contributed by atoms with Gasteiger partial charge in [-0.25, -0.2) is 0 Å². The van der Waals surface area contributed by atoms with Crippen molar-refractivity contribution in [3.05, 3.63) is 21.9 Å². The summed E-state index contributed by atoms with van der Waals surface area (Å²) in [5.41, 5.74) is 0. The molecular weight excluding hydrogens is 308 g/mol. The Morgan fingerprint density at radius 3 is 2.96 bits per heavy atom. The van der Waals surface area contributed by atoms with Crippen molar-refractivity contribution in [2.75, 3.05) is 47.0 Å². The molecule has 1 aromatic heterocycles. The summed E-state index contributed by atoms with van der Waals surface area (Å²) < 4.78 is 12.0. The average molecular weight is 339 g/mol. The lowest BCUT2D eigenvalue weighted by Crippen LogP contribution is -2.50. The topological polar surface area (TPSA) is 24.9 Å². The Hall–Kier alpha value is -0.460. The molecule has 3 atom stereocenters. The van der Waals surface area contributed by atoms with Crippen LogP contribution in [-0.2, 0) is 16.0 Å². The predicted octanol–water partition coefficient (Wildman–Crippen LogP) is 2.61. The third-order valence-corrected chi connectivity index (χ3v) is 5.99. The number of fused-ring (bicyclic) bond motifs is 1. The van der Waals surface area contributed by atoms with Gasteiger partial charge in [-0.3, -0.25) is 4.90 Å². The van der Waals surface area contributed by atoms with Gasteiger partial charge in [0.05, 0.1) is 25.9 Å². The van der Waals surface area contributed by atoms with Crippen molar-refractivity contribution >= 4 is 11.3 Å². The van der Waals surface area contributed by atoms with Crippen LogP contribution in [0, 0.1) is 12.8 Å². The number of likely N-dealkylation sites (N-methyl/N-ethyl adjacent to an activating group) is 1. The van der Waals surface area contributed by atoms with E-state index in [1.807, 2.05) is 11.3 Å². The third kappa shape index (κ3) is 4.54. The first kappa shape index (κ1) is 17.4. The number of hydrogen-bond donors (Lipinski definition) is 0. The first-order valence-electron chi connectivity index (χ1n) is 8.77. The summed E-state index contributed by atoms with van der Waals surface area (Å²) in [6, 6.07) is 5.09. The number of rotatable bonds is 7. The largest absolute Gasteiger partial charge is 0.380 e. The molecule has 1 aromatic rings. The van der Waals surface area contributed by atoms with Gasteiger partial charge in [0.15, 0.2) is 0 Å². The molecule has 5 heteroatoms. The van der Waals surface area contributed by atoms with Gasteiger partial charge < -0.3 is 14.4 Å². The molecule has 1 aliphatic carbocycles. The van der Waals surface area contributed by atoms with Gasteiger partial charge in [0.2, 0.25) is 0 Å². The zero-order valence-electron chi connectivity index (χ0n) is 14.7. The van der Waals surface area contributed by atoms with Crippen molar-refractivity contribution < 1.29 is 9.47 Å². The predicted molar refractivity (Wildman–Crippen MR) is 95.1 cm³/mol. The Kier molecular flexibility index (Phi) is 6.10. The highest BCUT2D eigenvalue weighted by atomic mass is 32.1. The van der Waals surface area contributed by atoms with Crippen LogP contribution in [-0.4, -0.2) is 69.0 Å². The van der Waals surface area contributed by atoms with E-state index in [2.05, 4.69) is 43.0 Å². The Labute approximate surface area is 144 Å². The van der Waals surface area contributed by atoms with Gasteiger partial charge in [0.25, 0.3) is 0 Å². The van der Waals surface area contributed by atoms with E-state index in [1.165, 1.54) is 22.6 Å². The van der Waals surface area contributed by atoms with E-state index in [4.69, 9.17) is 9.47 Å². The number of morpholine rings is 1. The van der Waals surface area contributed by atoms with E-state index in [0.717, 1.165) is 39.5 Å². The highest BCUT2D eigenvalue weighted by Crippen LogP contribution is 2.36. The first-order valence-corrected chi connectivity index (χ1v) is 9.58. The molecule has 1 saturated heterocycles. The molecule has 2 aliphatic rings. The Bertz CT molecular complexity index is 491. The first-order chi connectivity index (χ1) is 11.1. The molecule has 0 spiro atoms. The van der Waals surface area contributed by atoms with Crippen LogP contribution in [0.4, 0.5) is 0 Å². The normalized spacial score (nSPS) is 28.4. The summed E-state index contributed by atoms with van der Waals surface area (Å²) in [4.78, 5) is 7.69. The average Bonchev–Trinajstić information content (AvgIpc) is 3.11. The van der Waals surface area contributed by atoms with Crippen LogP contribution in [0.1, 0.15) is 22.6 Å². The van der Waals surface area contributed by atoms with Gasteiger partial charge in [-0.05, 0) is 46.0 Å². The van der Waals surface area contributed by atoms with E-state index < -0.39 is 0 Å². The highest BCUT2D eigenvalue weighted by Gasteiger charge is 2.42. The molecule has 0 amide bonds. The highest BCUT2D eigenvalue weighted by molar-refractivity contribution is 7.11. The lowest BCUT2D eigenvalue weighted by molar-refractivity contribution is -0.0881. The molecule has 0 radical (unpaired) electrons. The van der Waals surface area contributed by atoms with Gasteiger partial charge in [0, 0.05) is 41.3 Å². The van der Waals surface area contributed by atoms with E-state index in [0.29, 0.717) is 18.1 Å². The van der Waals surface area contributed by atoms with Gasteiger partial charge in [-0.2, -0.15) is 0 Å². The minimum Gasteiger partial charge on any atom is -0.380 e.